The van der Waals surface area contributed by atoms with Gasteiger partial charge in [0.1, 0.15) is 12.4 Å². The number of benzene rings is 2. The van der Waals surface area contributed by atoms with Crippen LogP contribution in [0.15, 0.2) is 48.5 Å². The van der Waals surface area contributed by atoms with Crippen molar-refractivity contribution in [1.82, 2.24) is 0 Å². The van der Waals surface area contributed by atoms with Crippen LogP contribution < -0.4 is 4.74 Å². The molecule has 0 bridgehead atoms. The average Bonchev–Trinajstić information content (AvgIpc) is 2.47. The Morgan fingerprint density at radius 3 is 2.50 bits per heavy atom. The first-order valence-electron chi connectivity index (χ1n) is 7.63. The van der Waals surface area contributed by atoms with Crippen LogP contribution in [-0.2, 0) is 16.8 Å². The molecule has 3 nitrogen and oxygen atoms in total. The second-order valence-electron chi connectivity index (χ2n) is 6.00. The van der Waals surface area contributed by atoms with Crippen molar-refractivity contribution in [2.24, 2.45) is 0 Å². The van der Waals surface area contributed by atoms with Crippen molar-refractivity contribution in [3.05, 3.63) is 65.2 Å². The first-order chi connectivity index (χ1) is 10.6. The van der Waals surface area contributed by atoms with Crippen LogP contribution in [0.25, 0.3) is 0 Å². The van der Waals surface area contributed by atoms with E-state index in [-0.39, 0.29) is 0 Å². The molecular weight excluding hydrogens is 276 g/mol. The Labute approximate surface area is 130 Å². The summed E-state index contributed by atoms with van der Waals surface area (Å²) >= 11 is 0. The van der Waals surface area contributed by atoms with Crippen LogP contribution in [0.1, 0.15) is 36.0 Å². The maximum Gasteiger partial charge on any atom is 0.314 e. The molecule has 0 saturated heterocycles. The summed E-state index contributed by atoms with van der Waals surface area (Å²) in [5.74, 6) is 0.0468. The highest BCUT2D eigenvalue weighted by Crippen LogP contribution is 2.45. The molecule has 0 unspecified atom stereocenters. The normalized spacial score (nSPS) is 15.9. The van der Waals surface area contributed by atoms with E-state index in [1.807, 2.05) is 55.5 Å². The van der Waals surface area contributed by atoms with Crippen molar-refractivity contribution >= 4 is 5.97 Å². The van der Waals surface area contributed by atoms with Gasteiger partial charge < -0.3 is 9.84 Å². The van der Waals surface area contributed by atoms with E-state index in [9.17, 15) is 9.90 Å². The standard InChI is InChI=1S/C19H20O3/c1-14-8-9-16(19(18(20)21)10-5-11-19)12-17(14)22-13-15-6-3-2-4-7-15/h2-4,6-9,12H,5,10-11,13H2,1H3,(H,20,21). The van der Waals surface area contributed by atoms with Gasteiger partial charge in [0.05, 0.1) is 5.41 Å². The van der Waals surface area contributed by atoms with Crippen LogP contribution in [-0.4, -0.2) is 11.1 Å². The zero-order valence-corrected chi connectivity index (χ0v) is 12.7. The highest BCUT2D eigenvalue weighted by molar-refractivity contribution is 5.82. The Morgan fingerprint density at radius 1 is 1.18 bits per heavy atom. The number of carboxylic acids is 1. The molecule has 0 atom stereocenters. The summed E-state index contributed by atoms with van der Waals surface area (Å²) < 4.78 is 5.91. The van der Waals surface area contributed by atoms with Gasteiger partial charge in [-0.2, -0.15) is 0 Å². The van der Waals surface area contributed by atoms with E-state index < -0.39 is 11.4 Å². The van der Waals surface area contributed by atoms with Crippen LogP contribution in [0.2, 0.25) is 0 Å². The predicted octanol–water partition coefficient (Wildman–Crippen LogP) is 4.08. The van der Waals surface area contributed by atoms with Gasteiger partial charge in [-0.05, 0) is 42.5 Å². The molecule has 22 heavy (non-hydrogen) atoms. The molecule has 0 amide bonds. The molecule has 1 N–H and O–H groups in total. The van der Waals surface area contributed by atoms with Crippen molar-refractivity contribution in [2.75, 3.05) is 0 Å². The first-order valence-corrected chi connectivity index (χ1v) is 7.63. The van der Waals surface area contributed by atoms with E-state index in [1.165, 1.54) is 0 Å². The van der Waals surface area contributed by atoms with Crippen molar-refractivity contribution in [2.45, 2.75) is 38.2 Å². The molecule has 3 rings (SSSR count). The maximum absolute atomic E-state index is 11.6. The third-order valence-corrected chi connectivity index (χ3v) is 4.59. The maximum atomic E-state index is 11.6. The third-order valence-electron chi connectivity index (χ3n) is 4.59. The number of carboxylic acid groups (broad SMARTS) is 1. The quantitative estimate of drug-likeness (QED) is 0.904. The summed E-state index contributed by atoms with van der Waals surface area (Å²) in [5.41, 5.74) is 2.28. The number of ether oxygens (including phenoxy) is 1. The lowest BCUT2D eigenvalue weighted by Crippen LogP contribution is -2.42. The Bertz CT molecular complexity index is 672. The molecule has 0 spiro atoms. The summed E-state index contributed by atoms with van der Waals surface area (Å²) in [7, 11) is 0. The Hall–Kier alpha value is -2.29. The predicted molar refractivity (Wildman–Crippen MR) is 85.1 cm³/mol. The van der Waals surface area contributed by atoms with E-state index >= 15 is 0 Å². The van der Waals surface area contributed by atoms with Gasteiger partial charge in [-0.15, -0.1) is 0 Å². The summed E-state index contributed by atoms with van der Waals surface area (Å²) in [6.07, 6.45) is 2.40. The Balaban J connectivity index is 1.83. The van der Waals surface area contributed by atoms with Crippen LogP contribution in [0.5, 0.6) is 5.75 Å². The van der Waals surface area contributed by atoms with Gasteiger partial charge in [0.25, 0.3) is 0 Å². The molecule has 1 aliphatic rings. The minimum atomic E-state index is -0.725. The molecule has 0 heterocycles. The molecule has 0 radical (unpaired) electrons. The van der Waals surface area contributed by atoms with Crippen LogP contribution >= 0.6 is 0 Å². The van der Waals surface area contributed by atoms with E-state index in [2.05, 4.69) is 0 Å². The van der Waals surface area contributed by atoms with Gasteiger partial charge in [0.2, 0.25) is 0 Å². The van der Waals surface area contributed by atoms with Gasteiger partial charge in [-0.25, -0.2) is 0 Å². The number of aryl methyl sites for hydroxylation is 1. The van der Waals surface area contributed by atoms with E-state index in [1.54, 1.807) is 0 Å². The molecule has 1 aliphatic carbocycles. The second kappa shape index (κ2) is 5.84. The monoisotopic (exact) mass is 296 g/mol. The van der Waals surface area contributed by atoms with Crippen molar-refractivity contribution < 1.29 is 14.6 Å². The second-order valence-corrected chi connectivity index (χ2v) is 6.00. The lowest BCUT2D eigenvalue weighted by atomic mass is 9.64. The largest absolute Gasteiger partial charge is 0.489 e. The smallest absolute Gasteiger partial charge is 0.314 e. The number of aliphatic carboxylic acids is 1. The molecule has 0 aliphatic heterocycles. The minimum absolute atomic E-state index is 0.491. The van der Waals surface area contributed by atoms with E-state index in [0.717, 1.165) is 28.9 Å². The molecule has 1 saturated carbocycles. The molecular formula is C19H20O3. The van der Waals surface area contributed by atoms with Crippen molar-refractivity contribution in [3.8, 4) is 5.75 Å². The highest BCUT2D eigenvalue weighted by atomic mass is 16.5. The summed E-state index contributed by atoms with van der Waals surface area (Å²) in [5, 5.41) is 9.56. The van der Waals surface area contributed by atoms with Gasteiger partial charge in [0, 0.05) is 0 Å². The fraction of sp³-hybridized carbons (Fsp3) is 0.316. The van der Waals surface area contributed by atoms with Crippen molar-refractivity contribution in [3.63, 3.8) is 0 Å². The van der Waals surface area contributed by atoms with Gasteiger partial charge in [-0.3, -0.25) is 4.79 Å². The van der Waals surface area contributed by atoms with Crippen LogP contribution in [0.3, 0.4) is 0 Å². The van der Waals surface area contributed by atoms with Crippen LogP contribution in [0.4, 0.5) is 0 Å². The molecule has 114 valence electrons. The first kappa shape index (κ1) is 14.6. The fourth-order valence-electron chi connectivity index (χ4n) is 2.94. The summed E-state index contributed by atoms with van der Waals surface area (Å²) in [6.45, 7) is 2.48. The number of hydrogen-bond acceptors (Lipinski definition) is 2. The number of carbonyl (C=O) groups is 1. The third kappa shape index (κ3) is 2.59. The molecule has 3 heteroatoms. The average molecular weight is 296 g/mol. The van der Waals surface area contributed by atoms with E-state index in [0.29, 0.717) is 19.4 Å². The van der Waals surface area contributed by atoms with Crippen molar-refractivity contribution in [1.29, 1.82) is 0 Å². The summed E-state index contributed by atoms with van der Waals surface area (Å²) in [6, 6.07) is 15.8. The zero-order chi connectivity index (χ0) is 15.6. The number of hydrogen-bond donors (Lipinski definition) is 1. The SMILES string of the molecule is Cc1ccc(C2(C(=O)O)CCC2)cc1OCc1ccccc1. The lowest BCUT2D eigenvalue weighted by molar-refractivity contribution is -0.147. The van der Waals surface area contributed by atoms with Gasteiger partial charge >= 0.3 is 5.97 Å². The topological polar surface area (TPSA) is 46.5 Å². The molecule has 0 aromatic heterocycles. The van der Waals surface area contributed by atoms with Gasteiger partial charge in [-0.1, -0.05) is 48.9 Å². The molecule has 2 aromatic carbocycles. The van der Waals surface area contributed by atoms with Gasteiger partial charge in [0.15, 0.2) is 0 Å². The lowest BCUT2D eigenvalue weighted by Gasteiger charge is -2.38. The number of rotatable bonds is 5. The Kier molecular flexibility index (Phi) is 3.88. The minimum Gasteiger partial charge on any atom is -0.489 e. The van der Waals surface area contributed by atoms with Crippen LogP contribution in [0, 0.1) is 6.92 Å². The highest BCUT2D eigenvalue weighted by Gasteiger charge is 2.46. The van der Waals surface area contributed by atoms with E-state index in [4.69, 9.17) is 4.74 Å². The Morgan fingerprint density at radius 2 is 1.91 bits per heavy atom. The molecule has 1 fully saturated rings. The summed E-state index contributed by atoms with van der Waals surface area (Å²) in [4.78, 5) is 11.6. The molecule has 2 aromatic rings. The fourth-order valence-corrected chi connectivity index (χ4v) is 2.94. The zero-order valence-electron chi connectivity index (χ0n) is 12.7.